The van der Waals surface area contributed by atoms with E-state index in [1.165, 1.54) is 23.9 Å². The summed E-state index contributed by atoms with van der Waals surface area (Å²) >= 11 is 1.21. The van der Waals surface area contributed by atoms with Gasteiger partial charge in [0, 0.05) is 24.7 Å². The van der Waals surface area contributed by atoms with Crippen LogP contribution in [0.4, 0.5) is 8.78 Å². The number of nitrogens with zero attached hydrogens (tertiary/aromatic N) is 4. The van der Waals surface area contributed by atoms with Gasteiger partial charge in [-0.25, -0.2) is 4.98 Å². The van der Waals surface area contributed by atoms with Gasteiger partial charge in [0.05, 0.1) is 5.75 Å². The van der Waals surface area contributed by atoms with Crippen LogP contribution in [0.3, 0.4) is 0 Å². The van der Waals surface area contributed by atoms with E-state index < -0.39 is 6.61 Å². The molecule has 0 unspecified atom stereocenters. The molecule has 0 saturated heterocycles. The van der Waals surface area contributed by atoms with E-state index in [1.54, 1.807) is 24.1 Å². The van der Waals surface area contributed by atoms with Crippen LogP contribution in [0.25, 0.3) is 22.5 Å². The zero-order valence-corrected chi connectivity index (χ0v) is 19.7. The summed E-state index contributed by atoms with van der Waals surface area (Å²) in [5.41, 5.74) is 3.98. The number of carbonyl (C=O) groups excluding carboxylic acids is 1. The van der Waals surface area contributed by atoms with Crippen molar-refractivity contribution < 1.29 is 18.3 Å². The number of alkyl halides is 2. The first-order valence-corrected chi connectivity index (χ1v) is 11.7. The number of amides is 1. The van der Waals surface area contributed by atoms with Crippen LogP contribution in [0.15, 0.2) is 90.1 Å². The van der Waals surface area contributed by atoms with Crippen molar-refractivity contribution in [2.75, 3.05) is 12.8 Å². The Kier molecular flexibility index (Phi) is 7.99. The van der Waals surface area contributed by atoms with Gasteiger partial charge in [0.1, 0.15) is 17.1 Å². The minimum atomic E-state index is -2.87. The number of hydrogen-bond acceptors (Lipinski definition) is 6. The first-order chi connectivity index (χ1) is 17.0. The lowest BCUT2D eigenvalue weighted by Crippen LogP contribution is -2.27. The fourth-order valence-electron chi connectivity index (χ4n) is 3.33. The van der Waals surface area contributed by atoms with Crippen molar-refractivity contribution in [3.8, 4) is 28.3 Å². The molecule has 1 amide bonds. The van der Waals surface area contributed by atoms with Gasteiger partial charge in [-0.3, -0.25) is 4.79 Å². The number of thioether (sulfide) groups is 1. The molecule has 35 heavy (non-hydrogen) atoms. The summed E-state index contributed by atoms with van der Waals surface area (Å²) in [6.45, 7) is -2.54. The van der Waals surface area contributed by atoms with Gasteiger partial charge in [-0.05, 0) is 17.7 Å². The molecule has 0 bridgehead atoms. The van der Waals surface area contributed by atoms with E-state index in [9.17, 15) is 13.6 Å². The Hall–Kier alpha value is -3.85. The molecule has 0 atom stereocenters. The van der Waals surface area contributed by atoms with E-state index in [0.29, 0.717) is 23.1 Å². The fourth-order valence-corrected chi connectivity index (χ4v) is 4.06. The second-order valence-corrected chi connectivity index (χ2v) is 8.53. The van der Waals surface area contributed by atoms with Crippen LogP contribution >= 0.6 is 11.8 Å². The van der Waals surface area contributed by atoms with Crippen LogP contribution in [0.5, 0.6) is 5.75 Å². The molecular weight excluding hydrogens is 470 g/mol. The van der Waals surface area contributed by atoms with E-state index in [1.807, 2.05) is 60.7 Å². The molecule has 1 heterocycles. The first kappa shape index (κ1) is 24.3. The highest BCUT2D eigenvalue weighted by molar-refractivity contribution is 7.99. The first-order valence-electron chi connectivity index (χ1n) is 10.8. The Balaban J connectivity index is 1.44. The van der Waals surface area contributed by atoms with Gasteiger partial charge >= 0.3 is 6.61 Å². The standard InChI is InChI=1S/C26H22F2N4O2S/c1-32(16-18-12-14-21(15-13-18)34-25(27)28)22(33)17-35-26-29-23(19-8-4-2-5-9-19)24(30-31-26)20-10-6-3-7-11-20/h2-15,25H,16-17H2,1H3. The number of rotatable bonds is 9. The summed E-state index contributed by atoms with van der Waals surface area (Å²) in [6, 6.07) is 25.6. The molecule has 0 N–H and O–H groups in total. The monoisotopic (exact) mass is 492 g/mol. The molecule has 0 aliphatic carbocycles. The smallest absolute Gasteiger partial charge is 0.387 e. The SMILES string of the molecule is CN(Cc1ccc(OC(F)F)cc1)C(=O)CSc1nnc(-c2ccccc2)c(-c2ccccc2)n1. The highest BCUT2D eigenvalue weighted by Gasteiger charge is 2.16. The maximum atomic E-state index is 12.7. The van der Waals surface area contributed by atoms with Crippen LogP contribution < -0.4 is 4.74 Å². The summed E-state index contributed by atoms with van der Waals surface area (Å²) in [4.78, 5) is 18.9. The maximum Gasteiger partial charge on any atom is 0.387 e. The highest BCUT2D eigenvalue weighted by atomic mass is 32.2. The Morgan fingerprint density at radius 2 is 1.49 bits per heavy atom. The van der Waals surface area contributed by atoms with Crippen LogP contribution in [-0.4, -0.2) is 45.4 Å². The topological polar surface area (TPSA) is 68.2 Å². The summed E-state index contributed by atoms with van der Waals surface area (Å²) in [5.74, 6) is 0.0786. The molecule has 178 valence electrons. The molecular formula is C26H22F2N4O2S. The summed E-state index contributed by atoms with van der Waals surface area (Å²) in [5, 5.41) is 9.07. The number of benzene rings is 3. The largest absolute Gasteiger partial charge is 0.435 e. The Morgan fingerprint density at radius 1 is 0.886 bits per heavy atom. The van der Waals surface area contributed by atoms with Crippen molar-refractivity contribution in [2.24, 2.45) is 0 Å². The molecule has 6 nitrogen and oxygen atoms in total. The van der Waals surface area contributed by atoms with Crippen LogP contribution in [0.1, 0.15) is 5.56 Å². The van der Waals surface area contributed by atoms with Gasteiger partial charge in [-0.15, -0.1) is 10.2 Å². The van der Waals surface area contributed by atoms with Gasteiger partial charge in [0.2, 0.25) is 11.1 Å². The molecule has 0 radical (unpaired) electrons. The van der Waals surface area contributed by atoms with Crippen molar-refractivity contribution >= 4 is 17.7 Å². The molecule has 0 aliphatic rings. The lowest BCUT2D eigenvalue weighted by atomic mass is 10.0. The zero-order valence-electron chi connectivity index (χ0n) is 18.8. The average Bonchev–Trinajstić information content (AvgIpc) is 2.89. The van der Waals surface area contributed by atoms with Gasteiger partial charge in [0.25, 0.3) is 0 Å². The quantitative estimate of drug-likeness (QED) is 0.285. The minimum absolute atomic E-state index is 0.0751. The number of hydrogen-bond donors (Lipinski definition) is 0. The van der Waals surface area contributed by atoms with Crippen molar-refractivity contribution in [3.63, 3.8) is 0 Å². The summed E-state index contributed by atoms with van der Waals surface area (Å²) in [7, 11) is 1.68. The van der Waals surface area contributed by atoms with Gasteiger partial charge in [0.15, 0.2) is 0 Å². The molecule has 4 rings (SSSR count). The van der Waals surface area contributed by atoms with E-state index in [0.717, 1.165) is 16.7 Å². The summed E-state index contributed by atoms with van der Waals surface area (Å²) in [6.07, 6.45) is 0. The molecule has 0 saturated carbocycles. The third-order valence-electron chi connectivity index (χ3n) is 5.08. The second kappa shape index (κ2) is 11.5. The van der Waals surface area contributed by atoms with E-state index in [2.05, 4.69) is 14.9 Å². The van der Waals surface area contributed by atoms with E-state index >= 15 is 0 Å². The average molecular weight is 493 g/mol. The summed E-state index contributed by atoms with van der Waals surface area (Å²) < 4.78 is 28.9. The Labute approximate surface area is 206 Å². The lowest BCUT2D eigenvalue weighted by molar-refractivity contribution is -0.127. The second-order valence-electron chi connectivity index (χ2n) is 7.58. The molecule has 0 aliphatic heterocycles. The van der Waals surface area contributed by atoms with E-state index in [4.69, 9.17) is 4.98 Å². The van der Waals surface area contributed by atoms with Gasteiger partial charge in [-0.2, -0.15) is 8.78 Å². The molecule has 0 fully saturated rings. The highest BCUT2D eigenvalue weighted by Crippen LogP contribution is 2.29. The van der Waals surface area contributed by atoms with E-state index in [-0.39, 0.29) is 17.4 Å². The zero-order chi connectivity index (χ0) is 24.6. The van der Waals surface area contributed by atoms with Crippen molar-refractivity contribution in [1.29, 1.82) is 0 Å². The Bertz CT molecular complexity index is 1260. The number of halogens is 2. The van der Waals surface area contributed by atoms with Crippen molar-refractivity contribution in [2.45, 2.75) is 18.3 Å². The molecule has 0 spiro atoms. The molecule has 1 aromatic heterocycles. The number of aromatic nitrogens is 3. The number of carbonyl (C=O) groups is 1. The Morgan fingerprint density at radius 3 is 2.09 bits per heavy atom. The van der Waals surface area contributed by atoms with Crippen LogP contribution in [0.2, 0.25) is 0 Å². The fraction of sp³-hybridized carbons (Fsp3) is 0.154. The van der Waals surface area contributed by atoms with Crippen molar-refractivity contribution in [3.05, 3.63) is 90.5 Å². The predicted octanol–water partition coefficient (Wildman–Crippen LogP) is 5.56. The molecule has 9 heteroatoms. The third kappa shape index (κ3) is 6.60. The van der Waals surface area contributed by atoms with Crippen molar-refractivity contribution in [1.82, 2.24) is 20.1 Å². The molecule has 3 aromatic carbocycles. The third-order valence-corrected chi connectivity index (χ3v) is 5.90. The minimum Gasteiger partial charge on any atom is -0.435 e. The maximum absolute atomic E-state index is 12.7. The van der Waals surface area contributed by atoms with Crippen LogP contribution in [0, 0.1) is 0 Å². The van der Waals surface area contributed by atoms with Crippen LogP contribution in [-0.2, 0) is 11.3 Å². The van der Waals surface area contributed by atoms with Gasteiger partial charge < -0.3 is 9.64 Å². The molecule has 4 aromatic rings. The number of ether oxygens (including phenoxy) is 1. The normalized spacial score (nSPS) is 10.9. The lowest BCUT2D eigenvalue weighted by Gasteiger charge is -2.17. The predicted molar refractivity (Wildman–Crippen MR) is 131 cm³/mol. The van der Waals surface area contributed by atoms with Gasteiger partial charge in [-0.1, -0.05) is 84.6 Å².